The van der Waals surface area contributed by atoms with Gasteiger partial charge in [-0.05, 0) is 12.5 Å². The SMILES string of the molecule is CCCCOC(=O)c1ncc(C=NO)cc1C(=O)OC. The first-order valence-corrected chi connectivity index (χ1v) is 6.07. The zero-order valence-corrected chi connectivity index (χ0v) is 11.3. The molecule has 1 heterocycles. The Labute approximate surface area is 116 Å². The number of pyridine rings is 1. The number of carbonyl (C=O) groups excluding carboxylic acids is 2. The molecule has 0 saturated carbocycles. The van der Waals surface area contributed by atoms with Crippen LogP contribution in [0.25, 0.3) is 0 Å². The fourth-order valence-electron chi connectivity index (χ4n) is 1.42. The number of aromatic nitrogens is 1. The molecule has 0 amide bonds. The summed E-state index contributed by atoms with van der Waals surface area (Å²) in [6, 6.07) is 1.34. The van der Waals surface area contributed by atoms with E-state index in [4.69, 9.17) is 9.94 Å². The lowest BCUT2D eigenvalue weighted by atomic mass is 10.1. The van der Waals surface area contributed by atoms with Gasteiger partial charge in [-0.1, -0.05) is 18.5 Å². The Morgan fingerprint density at radius 3 is 2.80 bits per heavy atom. The molecule has 0 radical (unpaired) electrons. The third-order valence-electron chi connectivity index (χ3n) is 2.45. The lowest BCUT2D eigenvalue weighted by Crippen LogP contribution is -2.16. The van der Waals surface area contributed by atoms with Crippen LogP contribution in [0.2, 0.25) is 0 Å². The van der Waals surface area contributed by atoms with Crippen molar-refractivity contribution in [1.29, 1.82) is 0 Å². The third-order valence-corrected chi connectivity index (χ3v) is 2.45. The minimum atomic E-state index is -0.715. The standard InChI is InChI=1S/C13H16N2O5/c1-3-4-5-20-13(17)11-10(12(16)19-2)6-9(7-14-11)8-15-18/h6-8,18H,3-5H2,1-2H3. The van der Waals surface area contributed by atoms with Gasteiger partial charge in [-0.25, -0.2) is 14.6 Å². The van der Waals surface area contributed by atoms with Crippen molar-refractivity contribution < 1.29 is 24.3 Å². The first-order chi connectivity index (χ1) is 9.63. The Balaban J connectivity index is 3.04. The summed E-state index contributed by atoms with van der Waals surface area (Å²) in [5.74, 6) is -1.40. The van der Waals surface area contributed by atoms with Crippen LogP contribution in [0.1, 0.15) is 46.2 Å². The molecule has 0 aromatic carbocycles. The molecule has 0 aliphatic heterocycles. The predicted molar refractivity (Wildman–Crippen MR) is 70.1 cm³/mol. The molecule has 7 heteroatoms. The number of methoxy groups -OCH3 is 1. The second-order valence-corrected chi connectivity index (χ2v) is 3.89. The van der Waals surface area contributed by atoms with Crippen LogP contribution in [0.3, 0.4) is 0 Å². The Bertz CT molecular complexity index is 513. The molecule has 1 aromatic rings. The smallest absolute Gasteiger partial charge is 0.357 e. The molecule has 0 bridgehead atoms. The van der Waals surface area contributed by atoms with Gasteiger partial charge < -0.3 is 14.7 Å². The summed E-state index contributed by atoms with van der Waals surface area (Å²) in [7, 11) is 1.20. The molecule has 0 aliphatic carbocycles. The Morgan fingerprint density at radius 1 is 1.45 bits per heavy atom. The number of nitrogens with zero attached hydrogens (tertiary/aromatic N) is 2. The maximum Gasteiger partial charge on any atom is 0.357 e. The van der Waals surface area contributed by atoms with E-state index in [-0.39, 0.29) is 17.9 Å². The maximum absolute atomic E-state index is 11.9. The highest BCUT2D eigenvalue weighted by Crippen LogP contribution is 2.11. The summed E-state index contributed by atoms with van der Waals surface area (Å²) >= 11 is 0. The van der Waals surface area contributed by atoms with Gasteiger partial charge in [-0.2, -0.15) is 0 Å². The number of carbonyl (C=O) groups is 2. The molecule has 1 aromatic heterocycles. The van der Waals surface area contributed by atoms with Crippen LogP contribution >= 0.6 is 0 Å². The number of ether oxygens (including phenoxy) is 2. The topological polar surface area (TPSA) is 98.1 Å². The van der Waals surface area contributed by atoms with Crippen LogP contribution in [0.4, 0.5) is 0 Å². The molecule has 108 valence electrons. The molecular weight excluding hydrogens is 264 g/mol. The summed E-state index contributed by atoms with van der Waals surface area (Å²) in [5, 5.41) is 11.3. The zero-order chi connectivity index (χ0) is 15.0. The Hall–Kier alpha value is -2.44. The van der Waals surface area contributed by atoms with Gasteiger partial charge >= 0.3 is 11.9 Å². The second kappa shape index (κ2) is 7.88. The lowest BCUT2D eigenvalue weighted by molar-refractivity contribution is 0.0474. The van der Waals surface area contributed by atoms with Crippen LogP contribution in [-0.2, 0) is 9.47 Å². The Morgan fingerprint density at radius 2 is 2.20 bits per heavy atom. The average Bonchev–Trinajstić information content (AvgIpc) is 2.46. The van der Waals surface area contributed by atoms with Gasteiger partial charge in [0.05, 0.1) is 25.5 Å². The van der Waals surface area contributed by atoms with Crippen molar-refractivity contribution in [2.24, 2.45) is 5.16 Å². The molecular formula is C13H16N2O5. The van der Waals surface area contributed by atoms with E-state index in [9.17, 15) is 9.59 Å². The van der Waals surface area contributed by atoms with E-state index in [1.165, 1.54) is 19.4 Å². The number of rotatable bonds is 6. The highest BCUT2D eigenvalue weighted by molar-refractivity contribution is 6.02. The van der Waals surface area contributed by atoms with Crippen LogP contribution in [0, 0.1) is 0 Å². The molecule has 20 heavy (non-hydrogen) atoms. The van der Waals surface area contributed by atoms with Crippen molar-refractivity contribution in [2.45, 2.75) is 19.8 Å². The van der Waals surface area contributed by atoms with Gasteiger partial charge in [0.2, 0.25) is 0 Å². The number of oxime groups is 1. The van der Waals surface area contributed by atoms with Crippen molar-refractivity contribution in [2.75, 3.05) is 13.7 Å². The molecule has 0 spiro atoms. The molecule has 1 N–H and O–H groups in total. The summed E-state index contributed by atoms with van der Waals surface area (Å²) in [5.41, 5.74) is 0.201. The maximum atomic E-state index is 11.9. The van der Waals surface area contributed by atoms with Gasteiger partial charge in [0.1, 0.15) is 0 Å². The zero-order valence-electron chi connectivity index (χ0n) is 11.3. The second-order valence-electron chi connectivity index (χ2n) is 3.89. The first-order valence-electron chi connectivity index (χ1n) is 6.07. The lowest BCUT2D eigenvalue weighted by Gasteiger charge is -2.08. The summed E-state index contributed by atoms with van der Waals surface area (Å²) in [6.45, 7) is 2.23. The molecule has 0 atom stereocenters. The number of esters is 2. The van der Waals surface area contributed by atoms with E-state index in [0.29, 0.717) is 5.56 Å². The van der Waals surface area contributed by atoms with Crippen molar-refractivity contribution >= 4 is 18.2 Å². The largest absolute Gasteiger partial charge is 0.465 e. The fraction of sp³-hybridized carbons (Fsp3) is 0.385. The minimum Gasteiger partial charge on any atom is -0.465 e. The average molecular weight is 280 g/mol. The number of hydrogen-bond acceptors (Lipinski definition) is 7. The van der Waals surface area contributed by atoms with Crippen molar-refractivity contribution in [3.8, 4) is 0 Å². The van der Waals surface area contributed by atoms with Gasteiger partial charge in [-0.3, -0.25) is 0 Å². The normalized spacial score (nSPS) is 10.5. The van der Waals surface area contributed by atoms with E-state index in [1.807, 2.05) is 6.92 Å². The first kappa shape index (κ1) is 15.6. The summed E-state index contributed by atoms with van der Waals surface area (Å²) in [4.78, 5) is 27.4. The van der Waals surface area contributed by atoms with Crippen LogP contribution < -0.4 is 0 Å². The summed E-state index contributed by atoms with van der Waals surface area (Å²) < 4.78 is 9.60. The predicted octanol–water partition coefficient (Wildman–Crippen LogP) is 1.63. The highest BCUT2D eigenvalue weighted by atomic mass is 16.5. The van der Waals surface area contributed by atoms with E-state index in [0.717, 1.165) is 19.1 Å². The van der Waals surface area contributed by atoms with Gasteiger partial charge in [0.15, 0.2) is 5.69 Å². The minimum absolute atomic E-state index is 0.0357. The quantitative estimate of drug-likeness (QED) is 0.279. The monoisotopic (exact) mass is 280 g/mol. The highest BCUT2D eigenvalue weighted by Gasteiger charge is 2.21. The molecule has 1 rings (SSSR count). The van der Waals surface area contributed by atoms with Gasteiger partial charge in [0.25, 0.3) is 0 Å². The van der Waals surface area contributed by atoms with E-state index in [2.05, 4.69) is 14.9 Å². The van der Waals surface area contributed by atoms with Gasteiger partial charge in [0, 0.05) is 11.8 Å². The molecule has 0 unspecified atom stereocenters. The van der Waals surface area contributed by atoms with Crippen molar-refractivity contribution in [3.05, 3.63) is 29.1 Å². The summed E-state index contributed by atoms with van der Waals surface area (Å²) in [6.07, 6.45) is 4.00. The van der Waals surface area contributed by atoms with E-state index >= 15 is 0 Å². The molecule has 7 nitrogen and oxygen atoms in total. The third kappa shape index (κ3) is 4.04. The van der Waals surface area contributed by atoms with Crippen molar-refractivity contribution in [1.82, 2.24) is 4.98 Å². The van der Waals surface area contributed by atoms with Gasteiger partial charge in [-0.15, -0.1) is 0 Å². The molecule has 0 aliphatic rings. The van der Waals surface area contributed by atoms with Crippen LogP contribution in [0.5, 0.6) is 0 Å². The fourth-order valence-corrected chi connectivity index (χ4v) is 1.42. The number of unbranched alkanes of at least 4 members (excludes halogenated alkanes) is 1. The number of hydrogen-bond donors (Lipinski definition) is 1. The molecule has 0 fully saturated rings. The molecule has 0 saturated heterocycles. The Kier molecular flexibility index (Phi) is 6.15. The van der Waals surface area contributed by atoms with Crippen molar-refractivity contribution in [3.63, 3.8) is 0 Å². The van der Waals surface area contributed by atoms with E-state index < -0.39 is 11.9 Å². The van der Waals surface area contributed by atoms with E-state index in [1.54, 1.807) is 0 Å². The van der Waals surface area contributed by atoms with Crippen LogP contribution in [-0.4, -0.2) is 42.1 Å². The van der Waals surface area contributed by atoms with Crippen LogP contribution in [0.15, 0.2) is 17.4 Å².